The van der Waals surface area contributed by atoms with Gasteiger partial charge in [0.1, 0.15) is 17.5 Å². The number of nitrogens with one attached hydrogen (secondary N) is 1. The summed E-state index contributed by atoms with van der Waals surface area (Å²) in [5.41, 5.74) is 1.41. The summed E-state index contributed by atoms with van der Waals surface area (Å²) in [5.74, 6) is 1.54. The van der Waals surface area contributed by atoms with Gasteiger partial charge in [0.05, 0.1) is 5.69 Å². The molecule has 0 bridgehead atoms. The van der Waals surface area contributed by atoms with Crippen LogP contribution in [0.3, 0.4) is 0 Å². The molecule has 18 heavy (non-hydrogen) atoms. The van der Waals surface area contributed by atoms with Crippen LogP contribution >= 0.6 is 0 Å². The molecular weight excluding hydrogens is 228 g/mol. The van der Waals surface area contributed by atoms with Gasteiger partial charge in [-0.3, -0.25) is 0 Å². The highest BCUT2D eigenvalue weighted by molar-refractivity contribution is 5.87. The van der Waals surface area contributed by atoms with Crippen LogP contribution in [0.4, 0.5) is 5.82 Å². The molecule has 0 aliphatic heterocycles. The molecule has 2 heterocycles. The first kappa shape index (κ1) is 11.4. The van der Waals surface area contributed by atoms with E-state index in [1.807, 2.05) is 6.92 Å². The summed E-state index contributed by atoms with van der Waals surface area (Å²) in [6, 6.07) is 0.492. The summed E-state index contributed by atoms with van der Waals surface area (Å²) in [7, 11) is 0. The molecule has 0 unspecified atom stereocenters. The lowest BCUT2D eigenvalue weighted by Crippen LogP contribution is -2.30. The van der Waals surface area contributed by atoms with Crippen LogP contribution in [-0.4, -0.2) is 21.2 Å². The van der Waals surface area contributed by atoms with Crippen LogP contribution in [0.2, 0.25) is 0 Å². The van der Waals surface area contributed by atoms with Gasteiger partial charge < -0.3 is 9.84 Å². The Morgan fingerprint density at radius 1 is 1.28 bits per heavy atom. The van der Waals surface area contributed by atoms with Crippen molar-refractivity contribution in [2.24, 2.45) is 5.92 Å². The smallest absolute Gasteiger partial charge is 0.263 e. The van der Waals surface area contributed by atoms with E-state index >= 15 is 0 Å². The average Bonchev–Trinajstić information content (AvgIpc) is 2.75. The second kappa shape index (κ2) is 4.55. The van der Waals surface area contributed by atoms with E-state index in [1.165, 1.54) is 32.0 Å². The van der Waals surface area contributed by atoms with E-state index in [-0.39, 0.29) is 0 Å². The van der Waals surface area contributed by atoms with Crippen LogP contribution in [-0.2, 0) is 0 Å². The number of hydrogen-bond acceptors (Lipinski definition) is 5. The SMILES string of the molecule is Cc1noc2ncnc(N[C@H]3CCCC[C@H]3C)c12. The summed E-state index contributed by atoms with van der Waals surface area (Å²) in [6.45, 7) is 4.22. The van der Waals surface area contributed by atoms with Crippen LogP contribution in [0.25, 0.3) is 11.1 Å². The normalized spacial score (nSPS) is 24.3. The van der Waals surface area contributed by atoms with Gasteiger partial charge in [0.2, 0.25) is 0 Å². The van der Waals surface area contributed by atoms with Gasteiger partial charge in [-0.15, -0.1) is 0 Å². The lowest BCUT2D eigenvalue weighted by Gasteiger charge is -2.29. The molecule has 1 saturated carbocycles. The zero-order valence-corrected chi connectivity index (χ0v) is 10.8. The lowest BCUT2D eigenvalue weighted by molar-refractivity contribution is 0.349. The van der Waals surface area contributed by atoms with Crippen LogP contribution in [0.15, 0.2) is 10.9 Å². The molecule has 1 aliphatic rings. The van der Waals surface area contributed by atoms with Crippen molar-refractivity contribution in [1.82, 2.24) is 15.1 Å². The molecule has 2 aromatic heterocycles. The number of aromatic nitrogens is 3. The van der Waals surface area contributed by atoms with E-state index in [4.69, 9.17) is 4.52 Å². The fourth-order valence-electron chi connectivity index (χ4n) is 2.74. The van der Waals surface area contributed by atoms with Gasteiger partial charge in [0.15, 0.2) is 0 Å². The summed E-state index contributed by atoms with van der Waals surface area (Å²) in [5, 5.41) is 8.41. The molecule has 5 heteroatoms. The largest absolute Gasteiger partial charge is 0.366 e. The van der Waals surface area contributed by atoms with Crippen molar-refractivity contribution in [1.29, 1.82) is 0 Å². The molecule has 0 radical (unpaired) electrons. The van der Waals surface area contributed by atoms with Crippen molar-refractivity contribution < 1.29 is 4.52 Å². The van der Waals surface area contributed by atoms with Gasteiger partial charge in [-0.1, -0.05) is 24.9 Å². The number of aryl methyl sites for hydroxylation is 1. The molecule has 2 aromatic rings. The van der Waals surface area contributed by atoms with Crippen molar-refractivity contribution in [3.8, 4) is 0 Å². The van der Waals surface area contributed by atoms with Crippen molar-refractivity contribution in [3.05, 3.63) is 12.0 Å². The zero-order chi connectivity index (χ0) is 12.5. The Morgan fingerprint density at radius 3 is 2.94 bits per heavy atom. The third kappa shape index (κ3) is 1.94. The maximum absolute atomic E-state index is 5.16. The number of fused-ring (bicyclic) bond motifs is 1. The Morgan fingerprint density at radius 2 is 2.11 bits per heavy atom. The van der Waals surface area contributed by atoms with E-state index < -0.39 is 0 Å². The number of nitrogens with zero attached hydrogens (tertiary/aromatic N) is 3. The first-order valence-electron chi connectivity index (χ1n) is 6.59. The monoisotopic (exact) mass is 246 g/mol. The van der Waals surface area contributed by atoms with Crippen LogP contribution in [0.1, 0.15) is 38.3 Å². The average molecular weight is 246 g/mol. The molecule has 0 saturated heterocycles. The van der Waals surface area contributed by atoms with Gasteiger partial charge in [-0.25, -0.2) is 4.98 Å². The summed E-state index contributed by atoms with van der Waals surface area (Å²) in [4.78, 5) is 8.44. The third-order valence-corrected chi connectivity index (χ3v) is 3.88. The Kier molecular flexibility index (Phi) is 2.89. The minimum atomic E-state index is 0.492. The predicted octanol–water partition coefficient (Wildman–Crippen LogP) is 2.92. The molecule has 1 aliphatic carbocycles. The zero-order valence-electron chi connectivity index (χ0n) is 10.8. The van der Waals surface area contributed by atoms with Crippen molar-refractivity contribution >= 4 is 16.9 Å². The highest BCUT2D eigenvalue weighted by atomic mass is 16.5. The Labute approximate surface area is 106 Å². The highest BCUT2D eigenvalue weighted by Crippen LogP contribution is 2.29. The number of hydrogen-bond donors (Lipinski definition) is 1. The van der Waals surface area contributed by atoms with Gasteiger partial charge in [0.25, 0.3) is 5.71 Å². The number of anilines is 1. The fraction of sp³-hybridized carbons (Fsp3) is 0.615. The second-order valence-electron chi connectivity index (χ2n) is 5.18. The summed E-state index contributed by atoms with van der Waals surface area (Å²) >= 11 is 0. The Hall–Kier alpha value is -1.65. The van der Waals surface area contributed by atoms with E-state index in [2.05, 4.69) is 27.4 Å². The minimum Gasteiger partial charge on any atom is -0.366 e. The lowest BCUT2D eigenvalue weighted by atomic mass is 9.86. The molecule has 5 nitrogen and oxygen atoms in total. The van der Waals surface area contributed by atoms with Gasteiger partial charge in [-0.05, 0) is 25.7 Å². The molecule has 0 aromatic carbocycles. The molecule has 0 amide bonds. The van der Waals surface area contributed by atoms with Crippen LogP contribution in [0, 0.1) is 12.8 Å². The maximum atomic E-state index is 5.16. The fourth-order valence-corrected chi connectivity index (χ4v) is 2.74. The molecule has 96 valence electrons. The van der Waals surface area contributed by atoms with Crippen molar-refractivity contribution in [3.63, 3.8) is 0 Å². The third-order valence-electron chi connectivity index (χ3n) is 3.88. The van der Waals surface area contributed by atoms with E-state index in [9.17, 15) is 0 Å². The first-order valence-corrected chi connectivity index (χ1v) is 6.59. The van der Waals surface area contributed by atoms with Crippen molar-refractivity contribution in [2.75, 3.05) is 5.32 Å². The quantitative estimate of drug-likeness (QED) is 0.882. The minimum absolute atomic E-state index is 0.492. The standard InChI is InChI=1S/C13H18N4O/c1-8-5-3-4-6-10(8)16-12-11-9(2)17-18-13(11)15-7-14-12/h7-8,10H,3-6H2,1-2H3,(H,14,15,16)/t8-,10+/m1/s1. The highest BCUT2D eigenvalue weighted by Gasteiger charge is 2.23. The molecule has 2 atom stereocenters. The molecule has 1 N–H and O–H groups in total. The molecule has 1 fully saturated rings. The maximum Gasteiger partial charge on any atom is 0.263 e. The van der Waals surface area contributed by atoms with E-state index in [1.54, 1.807) is 0 Å². The van der Waals surface area contributed by atoms with E-state index in [0.717, 1.165) is 16.9 Å². The van der Waals surface area contributed by atoms with Gasteiger partial charge >= 0.3 is 0 Å². The topological polar surface area (TPSA) is 63.8 Å². The Bertz CT molecular complexity index is 551. The molecule has 0 spiro atoms. The van der Waals surface area contributed by atoms with Crippen molar-refractivity contribution in [2.45, 2.75) is 45.6 Å². The van der Waals surface area contributed by atoms with Crippen LogP contribution in [0.5, 0.6) is 0 Å². The van der Waals surface area contributed by atoms with Crippen LogP contribution < -0.4 is 5.32 Å². The molecule has 3 rings (SSSR count). The number of rotatable bonds is 2. The predicted molar refractivity (Wildman–Crippen MR) is 69.4 cm³/mol. The second-order valence-corrected chi connectivity index (χ2v) is 5.18. The first-order chi connectivity index (χ1) is 8.75. The Balaban J connectivity index is 1.92. The summed E-state index contributed by atoms with van der Waals surface area (Å²) in [6.07, 6.45) is 6.65. The van der Waals surface area contributed by atoms with Gasteiger partial charge in [-0.2, -0.15) is 4.98 Å². The van der Waals surface area contributed by atoms with Gasteiger partial charge in [0, 0.05) is 6.04 Å². The molecular formula is C13H18N4O. The van der Waals surface area contributed by atoms with E-state index in [0.29, 0.717) is 17.7 Å². The summed E-state index contributed by atoms with van der Waals surface area (Å²) < 4.78 is 5.16.